The number of ether oxygens (including phenoxy) is 2. The number of likely N-dealkylation sites (N-methyl/N-ethyl adjacent to an activating group) is 1. The van der Waals surface area contributed by atoms with Gasteiger partial charge in [0, 0.05) is 31.4 Å². The molecule has 1 aromatic carbocycles. The second-order valence-electron chi connectivity index (χ2n) is 8.64. The molecule has 0 bridgehead atoms. The maximum Gasteiger partial charge on any atom is 0.162 e. The van der Waals surface area contributed by atoms with E-state index in [1.807, 2.05) is 30.3 Å². The van der Waals surface area contributed by atoms with Crippen LogP contribution in [0, 0.1) is 11.8 Å². The van der Waals surface area contributed by atoms with Crippen molar-refractivity contribution in [1.29, 1.82) is 0 Å². The summed E-state index contributed by atoms with van der Waals surface area (Å²) in [5.41, 5.74) is 2.56. The van der Waals surface area contributed by atoms with Gasteiger partial charge in [-0.05, 0) is 50.7 Å². The molecule has 0 spiro atoms. The number of H-pyrrole nitrogens is 1. The van der Waals surface area contributed by atoms with Gasteiger partial charge in [-0.25, -0.2) is 9.97 Å². The van der Waals surface area contributed by atoms with Crippen LogP contribution in [-0.2, 0) is 0 Å². The Labute approximate surface area is 206 Å². The summed E-state index contributed by atoms with van der Waals surface area (Å²) in [5.74, 6) is 8.32. The molecule has 0 amide bonds. The van der Waals surface area contributed by atoms with Gasteiger partial charge in [0.25, 0.3) is 0 Å². The summed E-state index contributed by atoms with van der Waals surface area (Å²) >= 11 is 0. The number of anilines is 1. The molecular formula is C27H32N6O2. The molecule has 1 atom stereocenters. The van der Waals surface area contributed by atoms with Crippen LogP contribution in [0.1, 0.15) is 12.1 Å². The predicted molar refractivity (Wildman–Crippen MR) is 140 cm³/mol. The third-order valence-corrected chi connectivity index (χ3v) is 5.73. The van der Waals surface area contributed by atoms with Crippen molar-refractivity contribution in [2.75, 3.05) is 52.8 Å². The van der Waals surface area contributed by atoms with E-state index in [0.29, 0.717) is 11.5 Å². The lowest BCUT2D eigenvalue weighted by Gasteiger charge is -2.19. The predicted octanol–water partition coefficient (Wildman–Crippen LogP) is 3.51. The maximum absolute atomic E-state index is 5.73. The van der Waals surface area contributed by atoms with E-state index < -0.39 is 0 Å². The lowest BCUT2D eigenvalue weighted by Crippen LogP contribution is -2.25. The van der Waals surface area contributed by atoms with Crippen LogP contribution in [0.25, 0.3) is 11.0 Å². The smallest absolute Gasteiger partial charge is 0.162 e. The molecule has 1 fully saturated rings. The van der Waals surface area contributed by atoms with E-state index in [-0.39, 0.29) is 12.6 Å². The van der Waals surface area contributed by atoms with Crippen LogP contribution in [0.3, 0.4) is 0 Å². The number of likely N-dealkylation sites (tertiary alicyclic amines) is 1. The zero-order valence-electron chi connectivity index (χ0n) is 20.5. The molecule has 2 aromatic heterocycles. The van der Waals surface area contributed by atoms with Gasteiger partial charge in [0.2, 0.25) is 0 Å². The van der Waals surface area contributed by atoms with Gasteiger partial charge in [0.05, 0.1) is 18.2 Å². The number of aromatic amines is 1. The number of hydrogen-bond acceptors (Lipinski definition) is 7. The number of fused-ring (bicyclic) bond motifs is 1. The van der Waals surface area contributed by atoms with Gasteiger partial charge in [0.1, 0.15) is 24.4 Å². The molecule has 8 heteroatoms. The van der Waals surface area contributed by atoms with Gasteiger partial charge < -0.3 is 29.6 Å². The third kappa shape index (κ3) is 6.34. The molecule has 1 aliphatic heterocycles. The van der Waals surface area contributed by atoms with Crippen molar-refractivity contribution in [3.05, 3.63) is 66.8 Å². The lowest BCUT2D eigenvalue weighted by atomic mass is 10.2. The van der Waals surface area contributed by atoms with Crippen LogP contribution in [0.2, 0.25) is 0 Å². The van der Waals surface area contributed by atoms with E-state index in [1.54, 1.807) is 13.4 Å². The monoisotopic (exact) mass is 472 g/mol. The van der Waals surface area contributed by atoms with Gasteiger partial charge in [-0.1, -0.05) is 30.7 Å². The average molecular weight is 473 g/mol. The van der Waals surface area contributed by atoms with Crippen molar-refractivity contribution in [2.45, 2.75) is 12.5 Å². The normalized spacial score (nSPS) is 15.4. The Morgan fingerprint density at radius 2 is 2.14 bits per heavy atom. The third-order valence-electron chi connectivity index (χ3n) is 5.73. The number of hydrogen-bond donors (Lipinski definition) is 2. The summed E-state index contributed by atoms with van der Waals surface area (Å²) < 4.78 is 11.0. The molecule has 1 saturated heterocycles. The van der Waals surface area contributed by atoms with E-state index >= 15 is 0 Å². The fourth-order valence-electron chi connectivity index (χ4n) is 3.94. The molecule has 3 aromatic rings. The molecule has 4 rings (SSSR count). The Morgan fingerprint density at radius 1 is 1.31 bits per heavy atom. The van der Waals surface area contributed by atoms with Gasteiger partial charge in [-0.15, -0.1) is 0 Å². The van der Waals surface area contributed by atoms with Gasteiger partial charge >= 0.3 is 0 Å². The number of nitrogens with one attached hydrogen (secondary N) is 2. The molecule has 1 aliphatic rings. The van der Waals surface area contributed by atoms with Gasteiger partial charge in [-0.3, -0.25) is 0 Å². The quantitative estimate of drug-likeness (QED) is 0.364. The highest BCUT2D eigenvalue weighted by molar-refractivity contribution is 5.88. The van der Waals surface area contributed by atoms with Crippen molar-refractivity contribution in [1.82, 2.24) is 24.8 Å². The van der Waals surface area contributed by atoms with Crippen molar-refractivity contribution in [3.63, 3.8) is 0 Å². The van der Waals surface area contributed by atoms with Crippen LogP contribution in [0.5, 0.6) is 11.5 Å². The van der Waals surface area contributed by atoms with E-state index in [2.05, 4.69) is 74.7 Å². The first-order chi connectivity index (χ1) is 17.0. The maximum atomic E-state index is 5.73. The number of para-hydroxylation sites is 2. The molecule has 0 saturated carbocycles. The lowest BCUT2D eigenvalue weighted by molar-refractivity contribution is 0.331. The molecule has 3 heterocycles. The summed E-state index contributed by atoms with van der Waals surface area (Å²) in [6.45, 7) is 7.22. The Morgan fingerprint density at radius 3 is 2.94 bits per heavy atom. The van der Waals surface area contributed by atoms with Crippen LogP contribution in [0.15, 0.2) is 61.1 Å². The summed E-state index contributed by atoms with van der Waals surface area (Å²) in [6, 6.07) is 9.77. The van der Waals surface area contributed by atoms with Crippen LogP contribution in [-0.4, -0.2) is 78.2 Å². The molecule has 0 radical (unpaired) electrons. The number of aromatic nitrogens is 3. The van der Waals surface area contributed by atoms with Gasteiger partial charge in [-0.2, -0.15) is 0 Å². The fourth-order valence-corrected chi connectivity index (χ4v) is 3.94. The minimum absolute atomic E-state index is 0.247. The van der Waals surface area contributed by atoms with E-state index in [1.165, 1.54) is 0 Å². The molecule has 35 heavy (non-hydrogen) atoms. The number of allylic oxidation sites excluding steroid dienone is 1. The SMILES string of the molecule is C=C(/C=C/CN(C)C)N1CC[C@@H](Nc2ncnc3[nH]c(C#CCOc4ccccc4OC)cc23)C1. The summed E-state index contributed by atoms with van der Waals surface area (Å²) in [4.78, 5) is 16.5. The Balaban J connectivity index is 1.37. The van der Waals surface area contributed by atoms with Crippen LogP contribution >= 0.6 is 0 Å². The Bertz CT molecular complexity index is 1250. The first-order valence-electron chi connectivity index (χ1n) is 11.6. The Hall–Kier alpha value is -3.96. The largest absolute Gasteiger partial charge is 0.493 e. The average Bonchev–Trinajstić information content (AvgIpc) is 3.49. The molecular weight excluding hydrogens is 440 g/mol. The van der Waals surface area contributed by atoms with E-state index in [0.717, 1.165) is 54.3 Å². The van der Waals surface area contributed by atoms with E-state index in [9.17, 15) is 0 Å². The molecule has 2 N–H and O–H groups in total. The van der Waals surface area contributed by atoms with Crippen molar-refractivity contribution < 1.29 is 9.47 Å². The molecule has 0 unspecified atom stereocenters. The molecule has 8 nitrogen and oxygen atoms in total. The number of methoxy groups -OCH3 is 1. The van der Waals surface area contributed by atoms with Crippen molar-refractivity contribution in [3.8, 4) is 23.3 Å². The highest BCUT2D eigenvalue weighted by atomic mass is 16.5. The number of nitrogens with zero attached hydrogens (tertiary/aromatic N) is 4. The molecule has 182 valence electrons. The molecule has 0 aliphatic carbocycles. The Kier molecular flexibility index (Phi) is 7.91. The van der Waals surface area contributed by atoms with Crippen molar-refractivity contribution >= 4 is 16.9 Å². The minimum Gasteiger partial charge on any atom is -0.493 e. The van der Waals surface area contributed by atoms with Gasteiger partial charge in [0.15, 0.2) is 11.5 Å². The number of benzene rings is 1. The first kappa shape index (κ1) is 24.2. The zero-order valence-corrected chi connectivity index (χ0v) is 20.5. The number of rotatable bonds is 9. The minimum atomic E-state index is 0.247. The highest BCUT2D eigenvalue weighted by Crippen LogP contribution is 2.26. The zero-order chi connectivity index (χ0) is 24.6. The summed E-state index contributed by atoms with van der Waals surface area (Å²) in [5, 5.41) is 4.51. The first-order valence-corrected chi connectivity index (χ1v) is 11.6. The van der Waals surface area contributed by atoms with Crippen LogP contribution < -0.4 is 14.8 Å². The standard InChI is InChI=1S/C27H32N6O2/c1-20(9-7-14-32(2)3)33-15-13-22(18-33)31-27-23-17-21(30-26(23)28-19-29-27)10-8-16-35-25-12-6-5-11-24(25)34-4/h5-7,9,11-12,17,19,22H,1,13-16,18H2,2-4H3,(H2,28,29,30,31)/b9-7+/t22-/m1/s1. The summed E-state index contributed by atoms with van der Waals surface area (Å²) in [7, 11) is 5.73. The fraction of sp³-hybridized carbons (Fsp3) is 0.333. The summed E-state index contributed by atoms with van der Waals surface area (Å²) in [6.07, 6.45) is 6.82. The van der Waals surface area contributed by atoms with Crippen molar-refractivity contribution in [2.24, 2.45) is 0 Å². The van der Waals surface area contributed by atoms with Crippen LogP contribution in [0.4, 0.5) is 5.82 Å². The van der Waals surface area contributed by atoms with E-state index in [4.69, 9.17) is 9.47 Å². The highest BCUT2D eigenvalue weighted by Gasteiger charge is 2.23. The second kappa shape index (κ2) is 11.4. The topological polar surface area (TPSA) is 78.5 Å². The second-order valence-corrected chi connectivity index (χ2v) is 8.64.